The Bertz CT molecular complexity index is 2500. The van der Waals surface area contributed by atoms with Gasteiger partial charge in [-0.25, -0.2) is 15.0 Å². The first kappa shape index (κ1) is 31.9. The van der Waals surface area contributed by atoms with Gasteiger partial charge in [0, 0.05) is 33.0 Å². The van der Waals surface area contributed by atoms with E-state index in [-0.39, 0.29) is 16.9 Å². The van der Waals surface area contributed by atoms with Gasteiger partial charge in [0.05, 0.1) is 27.8 Å². The van der Waals surface area contributed by atoms with Gasteiger partial charge in [0.2, 0.25) is 0 Å². The molecule has 6 aromatic carbocycles. The molecule has 0 N–H and O–H groups in total. The van der Waals surface area contributed by atoms with E-state index in [0.717, 1.165) is 35.4 Å². The summed E-state index contributed by atoms with van der Waals surface area (Å²) in [6, 6.07) is 39.3. The molecule has 8 rings (SSSR count). The van der Waals surface area contributed by atoms with Crippen LogP contribution in [-0.2, 0) is 12.4 Å². The smallest absolute Gasteiger partial charge is 0.309 e. The van der Waals surface area contributed by atoms with Gasteiger partial charge in [-0.05, 0) is 42.0 Å². The van der Waals surface area contributed by atoms with Crippen LogP contribution in [0, 0.1) is 0 Å². The summed E-state index contributed by atoms with van der Waals surface area (Å²) < 4.78 is 85.8. The number of para-hydroxylation sites is 1. The molecule has 0 spiro atoms. The molecule has 2 aromatic heterocycles. The summed E-state index contributed by atoms with van der Waals surface area (Å²) in [6.07, 6.45) is -9.25. The molecular weight excluding hydrogens is 662 g/mol. The Morgan fingerprint density at radius 2 is 0.922 bits per heavy atom. The average Bonchev–Trinajstić information content (AvgIpc) is 3.48. The molecule has 10 heteroatoms. The molecule has 4 nitrogen and oxygen atoms in total. The maximum Gasteiger partial charge on any atom is 0.416 e. The molecule has 51 heavy (non-hydrogen) atoms. The Morgan fingerprint density at radius 3 is 1.55 bits per heavy atom. The molecule has 0 aliphatic carbocycles. The summed E-state index contributed by atoms with van der Waals surface area (Å²) in [4.78, 5) is 14.4. The topological polar surface area (TPSA) is 43.6 Å². The normalized spacial score (nSPS) is 12.1. The van der Waals surface area contributed by atoms with E-state index >= 15 is 0 Å². The molecule has 0 saturated carbocycles. The zero-order valence-corrected chi connectivity index (χ0v) is 26.4. The van der Waals surface area contributed by atoms with E-state index in [4.69, 9.17) is 15.0 Å². The van der Waals surface area contributed by atoms with Crippen molar-refractivity contribution in [2.75, 3.05) is 0 Å². The summed E-state index contributed by atoms with van der Waals surface area (Å²) in [6.45, 7) is 0. The van der Waals surface area contributed by atoms with Crippen LogP contribution < -0.4 is 0 Å². The third-order valence-corrected chi connectivity index (χ3v) is 8.70. The van der Waals surface area contributed by atoms with Crippen molar-refractivity contribution in [3.05, 3.63) is 157 Å². The van der Waals surface area contributed by atoms with Gasteiger partial charge < -0.3 is 4.57 Å². The van der Waals surface area contributed by atoms with Crippen molar-refractivity contribution in [3.63, 3.8) is 0 Å². The SMILES string of the molecule is FC(F)(F)c1cccc(-c2ccc(-c3nc(-c4ccccc4)nc(-c4ccccc4)n3)cc2-n2c3ccccc3c3ccc(C(F)(F)F)cc32)c1. The quantitative estimate of drug-likeness (QED) is 0.169. The second-order valence-electron chi connectivity index (χ2n) is 11.9. The van der Waals surface area contributed by atoms with Crippen molar-refractivity contribution >= 4 is 21.8 Å². The number of fused-ring (bicyclic) bond motifs is 3. The third-order valence-electron chi connectivity index (χ3n) is 8.70. The van der Waals surface area contributed by atoms with Crippen molar-refractivity contribution < 1.29 is 26.3 Å². The zero-order valence-electron chi connectivity index (χ0n) is 26.4. The highest BCUT2D eigenvalue weighted by Crippen LogP contribution is 2.41. The second kappa shape index (κ2) is 12.2. The van der Waals surface area contributed by atoms with Crippen LogP contribution in [-0.4, -0.2) is 19.5 Å². The number of hydrogen-bond acceptors (Lipinski definition) is 3. The number of hydrogen-bond donors (Lipinski definition) is 0. The van der Waals surface area contributed by atoms with Crippen LogP contribution in [0.15, 0.2) is 146 Å². The molecule has 8 aromatic rings. The summed E-state index contributed by atoms with van der Waals surface area (Å²) >= 11 is 0. The monoisotopic (exact) mass is 686 g/mol. The lowest BCUT2D eigenvalue weighted by Gasteiger charge is -2.17. The minimum Gasteiger partial charge on any atom is -0.309 e. The lowest BCUT2D eigenvalue weighted by Crippen LogP contribution is -2.06. The molecular formula is C41H24F6N4. The van der Waals surface area contributed by atoms with Gasteiger partial charge in [0.15, 0.2) is 17.5 Å². The Labute approximate surface area is 287 Å². The largest absolute Gasteiger partial charge is 0.416 e. The predicted octanol–water partition coefficient (Wildman–Crippen LogP) is 11.7. The van der Waals surface area contributed by atoms with E-state index in [0.29, 0.717) is 44.8 Å². The van der Waals surface area contributed by atoms with Crippen LogP contribution in [0.1, 0.15) is 11.1 Å². The number of halogens is 6. The average molecular weight is 687 g/mol. The number of benzene rings is 6. The van der Waals surface area contributed by atoms with E-state index in [1.807, 2.05) is 60.7 Å². The molecule has 2 heterocycles. The van der Waals surface area contributed by atoms with Gasteiger partial charge in [-0.3, -0.25) is 0 Å². The summed E-state index contributed by atoms with van der Waals surface area (Å²) in [5, 5.41) is 1.23. The highest BCUT2D eigenvalue weighted by Gasteiger charge is 2.32. The van der Waals surface area contributed by atoms with Gasteiger partial charge in [0.1, 0.15) is 0 Å². The van der Waals surface area contributed by atoms with Crippen molar-refractivity contribution in [2.45, 2.75) is 12.4 Å². The first-order chi connectivity index (χ1) is 24.5. The molecule has 0 amide bonds. The fourth-order valence-corrected chi connectivity index (χ4v) is 6.31. The number of aromatic nitrogens is 4. The van der Waals surface area contributed by atoms with E-state index in [1.165, 1.54) is 12.1 Å². The highest BCUT2D eigenvalue weighted by molar-refractivity contribution is 6.10. The summed E-state index contributed by atoms with van der Waals surface area (Å²) in [5.74, 6) is 1.07. The molecule has 0 bridgehead atoms. The molecule has 0 aliphatic rings. The first-order valence-electron chi connectivity index (χ1n) is 15.8. The minimum atomic E-state index is -4.63. The van der Waals surface area contributed by atoms with E-state index in [1.54, 1.807) is 53.1 Å². The molecule has 0 radical (unpaired) electrons. The first-order valence-corrected chi connectivity index (χ1v) is 15.8. The van der Waals surface area contributed by atoms with Crippen molar-refractivity contribution in [1.82, 2.24) is 19.5 Å². The van der Waals surface area contributed by atoms with Crippen LogP contribution in [0.3, 0.4) is 0 Å². The van der Waals surface area contributed by atoms with E-state index < -0.39 is 23.5 Å². The van der Waals surface area contributed by atoms with Crippen LogP contribution in [0.5, 0.6) is 0 Å². The summed E-state index contributed by atoms with van der Waals surface area (Å²) in [7, 11) is 0. The molecule has 0 aliphatic heterocycles. The summed E-state index contributed by atoms with van der Waals surface area (Å²) in [5.41, 5.74) is 2.01. The lowest BCUT2D eigenvalue weighted by molar-refractivity contribution is -0.138. The van der Waals surface area contributed by atoms with Gasteiger partial charge in [-0.2, -0.15) is 26.3 Å². The van der Waals surface area contributed by atoms with Crippen LogP contribution in [0.25, 0.3) is 72.8 Å². The lowest BCUT2D eigenvalue weighted by atomic mass is 9.98. The Morgan fingerprint density at radius 1 is 0.392 bits per heavy atom. The van der Waals surface area contributed by atoms with Crippen LogP contribution in [0.4, 0.5) is 26.3 Å². The van der Waals surface area contributed by atoms with Gasteiger partial charge in [-0.15, -0.1) is 0 Å². The molecule has 0 unspecified atom stereocenters. The molecule has 0 atom stereocenters. The maximum atomic E-state index is 14.1. The molecule has 0 saturated heterocycles. The highest BCUT2D eigenvalue weighted by atomic mass is 19.4. The van der Waals surface area contributed by atoms with E-state index in [2.05, 4.69) is 0 Å². The van der Waals surface area contributed by atoms with Gasteiger partial charge >= 0.3 is 12.4 Å². The fourth-order valence-electron chi connectivity index (χ4n) is 6.31. The predicted molar refractivity (Wildman–Crippen MR) is 186 cm³/mol. The van der Waals surface area contributed by atoms with Crippen molar-refractivity contribution in [1.29, 1.82) is 0 Å². The minimum absolute atomic E-state index is 0.231. The number of alkyl halides is 6. The standard InChI is InChI=1S/C41H24F6N4/c42-40(43,44)29-15-9-14-27(22-29)31-20-18-28(39-49-37(25-10-3-1-4-11-25)48-38(50-39)26-12-5-2-6-13-26)23-35(31)51-34-17-8-7-16-32(34)33-21-19-30(24-36(33)51)41(45,46)47/h1-24H. The van der Waals surface area contributed by atoms with Crippen LogP contribution in [0.2, 0.25) is 0 Å². The Balaban J connectivity index is 1.44. The van der Waals surface area contributed by atoms with Crippen LogP contribution >= 0.6 is 0 Å². The molecule has 250 valence electrons. The number of nitrogens with zero attached hydrogens (tertiary/aromatic N) is 4. The van der Waals surface area contributed by atoms with Crippen molar-refractivity contribution in [3.8, 4) is 51.0 Å². The van der Waals surface area contributed by atoms with Gasteiger partial charge in [-0.1, -0.05) is 109 Å². The van der Waals surface area contributed by atoms with Crippen molar-refractivity contribution in [2.24, 2.45) is 0 Å². The third kappa shape index (κ3) is 5.99. The maximum absolute atomic E-state index is 14.1. The second-order valence-corrected chi connectivity index (χ2v) is 11.9. The van der Waals surface area contributed by atoms with E-state index in [9.17, 15) is 26.3 Å². The Kier molecular flexibility index (Phi) is 7.67. The van der Waals surface area contributed by atoms with Gasteiger partial charge in [0.25, 0.3) is 0 Å². The number of rotatable bonds is 5. The Hall–Kier alpha value is -6.29. The zero-order chi connectivity index (χ0) is 35.3. The fraction of sp³-hybridized carbons (Fsp3) is 0.0488. The molecule has 0 fully saturated rings.